The average Bonchev–Trinajstić information content (AvgIpc) is 3.62. The van der Waals surface area contributed by atoms with Gasteiger partial charge in [-0.05, 0) is 105 Å². The molecular formula is C54H38N2. The molecular weight excluding hydrogens is 677 g/mol. The maximum Gasteiger partial charge on any atom is 0.0547 e. The summed E-state index contributed by atoms with van der Waals surface area (Å²) < 4.78 is 2.41. The van der Waals surface area contributed by atoms with Gasteiger partial charge in [-0.25, -0.2) is 0 Å². The Kier molecular flexibility index (Phi) is 8.55. The fourth-order valence-corrected chi connectivity index (χ4v) is 8.10. The monoisotopic (exact) mass is 714 g/mol. The van der Waals surface area contributed by atoms with Crippen LogP contribution in [-0.4, -0.2) is 4.57 Å². The minimum absolute atomic E-state index is 1.09. The van der Waals surface area contributed by atoms with Gasteiger partial charge in [-0.2, -0.15) is 0 Å². The SMILES string of the molecule is c1ccc(-c2ccc(-c3cccc4c3c3cc(N(c5ccc(-c6ccccc6)cc5)c5cccc(-c6ccccc6)c5)ccc3n4-c3ccccc3)cc2)cc1. The van der Waals surface area contributed by atoms with Gasteiger partial charge in [0.05, 0.1) is 11.0 Å². The van der Waals surface area contributed by atoms with E-state index in [2.05, 4.69) is 240 Å². The van der Waals surface area contributed by atoms with Gasteiger partial charge in [-0.3, -0.25) is 0 Å². The van der Waals surface area contributed by atoms with E-state index in [1.807, 2.05) is 0 Å². The van der Waals surface area contributed by atoms with Gasteiger partial charge < -0.3 is 9.47 Å². The number of para-hydroxylation sites is 1. The standard InChI is InChI=1S/C54H38N2/c1-5-15-39(16-6-1)42-27-29-44(30-28-42)50-25-14-26-53-54(50)51-38-49(35-36-52(51)56(53)46-22-11-4-12-23-46)55(47-33-31-43(32-34-47)40-17-7-2-8-18-40)48-24-13-21-45(37-48)41-19-9-3-10-20-41/h1-38H. The Morgan fingerprint density at radius 2 is 0.750 bits per heavy atom. The summed E-state index contributed by atoms with van der Waals surface area (Å²) in [5.74, 6) is 0. The van der Waals surface area contributed by atoms with E-state index in [-0.39, 0.29) is 0 Å². The highest BCUT2D eigenvalue weighted by atomic mass is 15.1. The fourth-order valence-electron chi connectivity index (χ4n) is 8.10. The second-order valence-corrected chi connectivity index (χ2v) is 14.2. The van der Waals surface area contributed by atoms with Crippen LogP contribution in [0, 0.1) is 0 Å². The van der Waals surface area contributed by atoms with Crippen LogP contribution in [0.2, 0.25) is 0 Å². The molecule has 0 aliphatic heterocycles. The van der Waals surface area contributed by atoms with E-state index in [0.29, 0.717) is 0 Å². The quantitative estimate of drug-likeness (QED) is 0.152. The Balaban J connectivity index is 1.18. The molecule has 0 saturated heterocycles. The minimum Gasteiger partial charge on any atom is -0.310 e. The maximum atomic E-state index is 2.41. The largest absolute Gasteiger partial charge is 0.310 e. The van der Waals surface area contributed by atoms with Gasteiger partial charge in [0.25, 0.3) is 0 Å². The summed E-state index contributed by atoms with van der Waals surface area (Å²) in [4.78, 5) is 2.39. The van der Waals surface area contributed by atoms with Crippen molar-refractivity contribution in [1.82, 2.24) is 4.57 Å². The zero-order valence-electron chi connectivity index (χ0n) is 30.8. The van der Waals surface area contributed by atoms with Crippen molar-refractivity contribution >= 4 is 38.9 Å². The molecule has 9 aromatic carbocycles. The van der Waals surface area contributed by atoms with Crippen molar-refractivity contribution in [3.63, 3.8) is 0 Å². The Bertz CT molecular complexity index is 2910. The second kappa shape index (κ2) is 14.4. The van der Waals surface area contributed by atoms with Crippen molar-refractivity contribution in [2.24, 2.45) is 0 Å². The maximum absolute atomic E-state index is 2.41. The molecule has 0 saturated carbocycles. The van der Waals surface area contributed by atoms with Crippen molar-refractivity contribution in [1.29, 1.82) is 0 Å². The van der Waals surface area contributed by atoms with E-state index in [1.54, 1.807) is 0 Å². The first-order chi connectivity index (χ1) is 27.8. The van der Waals surface area contributed by atoms with E-state index >= 15 is 0 Å². The van der Waals surface area contributed by atoms with E-state index in [9.17, 15) is 0 Å². The lowest BCUT2D eigenvalue weighted by Gasteiger charge is -2.26. The molecule has 0 N–H and O–H groups in total. The molecule has 2 nitrogen and oxygen atoms in total. The van der Waals surface area contributed by atoms with Crippen molar-refractivity contribution in [2.75, 3.05) is 4.90 Å². The van der Waals surface area contributed by atoms with Gasteiger partial charge in [0.15, 0.2) is 0 Å². The number of hydrogen-bond acceptors (Lipinski definition) is 1. The molecule has 2 heteroatoms. The van der Waals surface area contributed by atoms with Gasteiger partial charge in [0.2, 0.25) is 0 Å². The van der Waals surface area contributed by atoms with Crippen molar-refractivity contribution in [2.45, 2.75) is 0 Å². The van der Waals surface area contributed by atoms with Crippen LogP contribution in [0.5, 0.6) is 0 Å². The van der Waals surface area contributed by atoms with Gasteiger partial charge in [0, 0.05) is 33.5 Å². The molecule has 1 heterocycles. The summed E-state index contributed by atoms with van der Waals surface area (Å²) in [6, 6.07) is 83.1. The van der Waals surface area contributed by atoms with Gasteiger partial charge in [-0.1, -0.05) is 170 Å². The van der Waals surface area contributed by atoms with Crippen LogP contribution >= 0.6 is 0 Å². The summed E-state index contributed by atoms with van der Waals surface area (Å²) in [5.41, 5.74) is 16.4. The number of hydrogen-bond donors (Lipinski definition) is 0. The summed E-state index contributed by atoms with van der Waals surface area (Å²) in [5, 5.41) is 2.44. The predicted molar refractivity (Wildman–Crippen MR) is 237 cm³/mol. The first kappa shape index (κ1) is 33.2. The third kappa shape index (κ3) is 6.14. The topological polar surface area (TPSA) is 8.17 Å². The molecule has 0 atom stereocenters. The minimum atomic E-state index is 1.09. The van der Waals surface area contributed by atoms with Crippen molar-refractivity contribution in [3.05, 3.63) is 231 Å². The molecule has 264 valence electrons. The number of nitrogens with zero attached hydrogens (tertiary/aromatic N) is 2. The highest BCUT2D eigenvalue weighted by Crippen LogP contribution is 2.43. The third-order valence-corrected chi connectivity index (χ3v) is 10.8. The highest BCUT2D eigenvalue weighted by Gasteiger charge is 2.20. The van der Waals surface area contributed by atoms with E-state index in [4.69, 9.17) is 0 Å². The summed E-state index contributed by atoms with van der Waals surface area (Å²) >= 11 is 0. The molecule has 0 unspecified atom stereocenters. The second-order valence-electron chi connectivity index (χ2n) is 14.2. The van der Waals surface area contributed by atoms with E-state index in [0.717, 1.165) is 22.7 Å². The zero-order chi connectivity index (χ0) is 37.3. The average molecular weight is 715 g/mol. The lowest BCUT2D eigenvalue weighted by atomic mass is 9.96. The van der Waals surface area contributed by atoms with Gasteiger partial charge in [-0.15, -0.1) is 0 Å². The van der Waals surface area contributed by atoms with Crippen LogP contribution in [0.4, 0.5) is 17.1 Å². The third-order valence-electron chi connectivity index (χ3n) is 10.8. The van der Waals surface area contributed by atoms with Crippen molar-refractivity contribution in [3.8, 4) is 50.2 Å². The summed E-state index contributed by atoms with van der Waals surface area (Å²) in [7, 11) is 0. The molecule has 0 aliphatic carbocycles. The first-order valence-electron chi connectivity index (χ1n) is 19.2. The molecule has 0 radical (unpaired) electrons. The van der Waals surface area contributed by atoms with Gasteiger partial charge >= 0.3 is 0 Å². The van der Waals surface area contributed by atoms with Crippen LogP contribution < -0.4 is 4.90 Å². The number of benzene rings is 9. The van der Waals surface area contributed by atoms with Crippen molar-refractivity contribution < 1.29 is 0 Å². The molecule has 0 bridgehead atoms. The fraction of sp³-hybridized carbons (Fsp3) is 0. The van der Waals surface area contributed by atoms with Crippen LogP contribution in [0.1, 0.15) is 0 Å². The van der Waals surface area contributed by atoms with E-state index in [1.165, 1.54) is 66.3 Å². The molecule has 56 heavy (non-hydrogen) atoms. The molecule has 0 amide bonds. The molecule has 10 aromatic rings. The number of rotatable bonds is 8. The lowest BCUT2D eigenvalue weighted by molar-refractivity contribution is 1.18. The Morgan fingerprint density at radius 1 is 0.286 bits per heavy atom. The van der Waals surface area contributed by atoms with Crippen LogP contribution in [0.25, 0.3) is 72.0 Å². The predicted octanol–water partition coefficient (Wildman–Crippen LogP) is 14.9. The van der Waals surface area contributed by atoms with Crippen LogP contribution in [0.15, 0.2) is 231 Å². The Labute approximate surface area is 327 Å². The van der Waals surface area contributed by atoms with E-state index < -0.39 is 0 Å². The summed E-state index contributed by atoms with van der Waals surface area (Å²) in [6.07, 6.45) is 0. The van der Waals surface area contributed by atoms with Crippen LogP contribution in [-0.2, 0) is 0 Å². The molecule has 0 aliphatic rings. The number of aromatic nitrogens is 1. The zero-order valence-corrected chi connectivity index (χ0v) is 30.8. The lowest BCUT2D eigenvalue weighted by Crippen LogP contribution is -2.10. The molecule has 1 aromatic heterocycles. The van der Waals surface area contributed by atoms with Gasteiger partial charge in [0.1, 0.15) is 0 Å². The Morgan fingerprint density at radius 3 is 1.38 bits per heavy atom. The van der Waals surface area contributed by atoms with Crippen LogP contribution in [0.3, 0.4) is 0 Å². The number of anilines is 3. The Hall–Kier alpha value is -7.42. The smallest absolute Gasteiger partial charge is 0.0547 e. The highest BCUT2D eigenvalue weighted by molar-refractivity contribution is 6.16. The summed E-state index contributed by atoms with van der Waals surface area (Å²) in [6.45, 7) is 0. The normalized spacial score (nSPS) is 11.2. The molecule has 0 spiro atoms. The first-order valence-corrected chi connectivity index (χ1v) is 19.2. The molecule has 10 rings (SSSR count). The molecule has 0 fully saturated rings. The number of fused-ring (bicyclic) bond motifs is 3.